The van der Waals surface area contributed by atoms with Crippen molar-refractivity contribution in [2.75, 3.05) is 6.61 Å². The van der Waals surface area contributed by atoms with Crippen LogP contribution in [0, 0.1) is 0 Å². The van der Waals surface area contributed by atoms with Crippen molar-refractivity contribution in [3.05, 3.63) is 11.3 Å². The average Bonchev–Trinajstić information content (AvgIpc) is 2.49. The predicted octanol–water partition coefficient (Wildman–Crippen LogP) is 0.786. The van der Waals surface area contributed by atoms with Gasteiger partial charge in [-0.15, -0.1) is 0 Å². The minimum absolute atomic E-state index is 0.0327. The third-order valence-electron chi connectivity index (χ3n) is 3.83. The zero-order valence-corrected chi connectivity index (χ0v) is 14.6. The first-order valence-corrected chi connectivity index (χ1v) is 8.03. The highest BCUT2D eigenvalue weighted by Gasteiger charge is 2.54. The lowest BCUT2D eigenvalue weighted by atomic mass is 9.83. The van der Waals surface area contributed by atoms with Crippen molar-refractivity contribution in [1.82, 2.24) is 10.2 Å². The van der Waals surface area contributed by atoms with E-state index in [1.165, 1.54) is 0 Å². The Morgan fingerprint density at radius 1 is 1.32 bits per heavy atom. The van der Waals surface area contributed by atoms with Crippen LogP contribution in [0.2, 0.25) is 0 Å². The fourth-order valence-corrected chi connectivity index (χ4v) is 2.91. The van der Waals surface area contributed by atoms with Gasteiger partial charge in [-0.2, -0.15) is 0 Å². The van der Waals surface area contributed by atoms with Crippen LogP contribution in [0.3, 0.4) is 0 Å². The maximum Gasteiger partial charge on any atom is 0.408 e. The van der Waals surface area contributed by atoms with Crippen molar-refractivity contribution < 1.29 is 33.8 Å². The molecule has 0 unspecified atom stereocenters. The summed E-state index contributed by atoms with van der Waals surface area (Å²) in [6.45, 7) is 6.80. The number of rotatable bonds is 4. The average molecular weight is 354 g/mol. The van der Waals surface area contributed by atoms with Gasteiger partial charge in [-0.3, -0.25) is 9.69 Å². The monoisotopic (exact) mass is 354 g/mol. The Morgan fingerprint density at radius 3 is 2.48 bits per heavy atom. The number of carbonyl (C=O) groups excluding carboxylic acids is 3. The molecule has 2 atom stereocenters. The number of nitrogens with one attached hydrogen (secondary N) is 1. The molecule has 0 spiro atoms. The number of carbonyl (C=O) groups is 4. The van der Waals surface area contributed by atoms with E-state index in [-0.39, 0.29) is 24.3 Å². The maximum absolute atomic E-state index is 12.3. The van der Waals surface area contributed by atoms with E-state index in [1.54, 1.807) is 27.7 Å². The molecule has 9 nitrogen and oxygen atoms in total. The van der Waals surface area contributed by atoms with E-state index >= 15 is 0 Å². The van der Waals surface area contributed by atoms with Gasteiger partial charge < -0.3 is 19.9 Å². The summed E-state index contributed by atoms with van der Waals surface area (Å²) in [7, 11) is 0. The summed E-state index contributed by atoms with van der Waals surface area (Å²) in [6.07, 6.45) is -0.249. The summed E-state index contributed by atoms with van der Waals surface area (Å²) < 4.78 is 9.98. The van der Waals surface area contributed by atoms with Gasteiger partial charge >= 0.3 is 18.0 Å². The Bertz CT molecular complexity index is 647. The topological polar surface area (TPSA) is 122 Å². The van der Waals surface area contributed by atoms with Crippen LogP contribution in [0.15, 0.2) is 11.3 Å². The van der Waals surface area contributed by atoms with Crippen LogP contribution >= 0.6 is 0 Å². The van der Waals surface area contributed by atoms with E-state index in [0.29, 0.717) is 6.42 Å². The second-order valence-electron chi connectivity index (χ2n) is 6.79. The molecule has 0 saturated carbocycles. The lowest BCUT2D eigenvalue weighted by molar-refractivity contribution is -0.155. The van der Waals surface area contributed by atoms with Crippen molar-refractivity contribution >= 4 is 23.9 Å². The van der Waals surface area contributed by atoms with Gasteiger partial charge in [0.2, 0.25) is 0 Å². The van der Waals surface area contributed by atoms with Gasteiger partial charge in [-0.05, 0) is 40.5 Å². The van der Waals surface area contributed by atoms with Crippen LogP contribution in [0.5, 0.6) is 0 Å². The molecule has 25 heavy (non-hydrogen) atoms. The molecule has 0 aliphatic carbocycles. The molecule has 1 fully saturated rings. The van der Waals surface area contributed by atoms with Gasteiger partial charge in [-0.25, -0.2) is 14.4 Å². The number of fused-ring (bicyclic) bond motifs is 1. The summed E-state index contributed by atoms with van der Waals surface area (Å²) in [5, 5.41) is 11.9. The molecule has 0 radical (unpaired) electrons. The van der Waals surface area contributed by atoms with Crippen LogP contribution in [0.25, 0.3) is 0 Å². The minimum Gasteiger partial charge on any atom is -0.477 e. The Labute approximate surface area is 144 Å². The van der Waals surface area contributed by atoms with Crippen molar-refractivity contribution in [2.24, 2.45) is 0 Å². The molecule has 2 rings (SSSR count). The number of aliphatic carboxylic acids is 1. The Morgan fingerprint density at radius 2 is 1.96 bits per heavy atom. The number of amides is 2. The SMILES string of the molecule is CCOC(=O)C1=C(C(=O)O)N2C(=O)[C@@H](NC(=O)OC(C)(C)C)[C@@H]2CC1. The molecule has 2 heterocycles. The van der Waals surface area contributed by atoms with Crippen molar-refractivity contribution in [3.63, 3.8) is 0 Å². The van der Waals surface area contributed by atoms with E-state index in [9.17, 15) is 24.3 Å². The van der Waals surface area contributed by atoms with Gasteiger partial charge in [0.05, 0.1) is 18.2 Å². The van der Waals surface area contributed by atoms with Gasteiger partial charge in [0.25, 0.3) is 5.91 Å². The number of esters is 1. The first kappa shape index (κ1) is 18.8. The second kappa shape index (κ2) is 6.73. The van der Waals surface area contributed by atoms with E-state index in [1.807, 2.05) is 0 Å². The number of nitrogens with zero attached hydrogens (tertiary/aromatic N) is 1. The Balaban J connectivity index is 2.17. The van der Waals surface area contributed by atoms with E-state index < -0.39 is 41.6 Å². The summed E-state index contributed by atoms with van der Waals surface area (Å²) in [6, 6.07) is -1.39. The van der Waals surface area contributed by atoms with Gasteiger partial charge in [0.15, 0.2) is 0 Å². The lowest BCUT2D eigenvalue weighted by Crippen LogP contribution is -2.72. The molecule has 2 N–H and O–H groups in total. The standard InChI is InChI=1S/C16H22N2O7/c1-5-24-14(22)8-6-7-9-10(17-15(23)25-16(2,3)4)12(19)18(9)11(8)13(20)21/h9-10H,5-7H2,1-4H3,(H,17,23)(H,20,21)/t9-,10-/m0/s1. The molecule has 0 bridgehead atoms. The Hall–Kier alpha value is -2.58. The molecule has 2 aliphatic rings. The van der Waals surface area contributed by atoms with Crippen LogP contribution in [-0.2, 0) is 23.9 Å². The summed E-state index contributed by atoms with van der Waals surface area (Å²) in [4.78, 5) is 48.7. The van der Waals surface area contributed by atoms with E-state index in [2.05, 4.69) is 5.32 Å². The molecule has 138 valence electrons. The van der Waals surface area contributed by atoms with Crippen molar-refractivity contribution in [2.45, 2.75) is 58.2 Å². The zero-order chi connectivity index (χ0) is 18.9. The highest BCUT2D eigenvalue weighted by molar-refractivity contribution is 6.06. The number of ether oxygens (including phenoxy) is 2. The number of carboxylic acid groups (broad SMARTS) is 1. The molecule has 0 aromatic heterocycles. The summed E-state index contributed by atoms with van der Waals surface area (Å²) >= 11 is 0. The van der Waals surface area contributed by atoms with E-state index in [4.69, 9.17) is 9.47 Å². The fraction of sp³-hybridized carbons (Fsp3) is 0.625. The van der Waals surface area contributed by atoms with Gasteiger partial charge in [-0.1, -0.05) is 0 Å². The fourth-order valence-electron chi connectivity index (χ4n) is 2.91. The molecular weight excluding hydrogens is 332 g/mol. The minimum atomic E-state index is -1.38. The highest BCUT2D eigenvalue weighted by Crippen LogP contribution is 2.37. The van der Waals surface area contributed by atoms with Crippen molar-refractivity contribution in [1.29, 1.82) is 0 Å². The van der Waals surface area contributed by atoms with Crippen molar-refractivity contribution in [3.8, 4) is 0 Å². The normalized spacial score (nSPS) is 22.7. The molecule has 2 aliphatic heterocycles. The zero-order valence-electron chi connectivity index (χ0n) is 14.6. The Kier molecular flexibility index (Phi) is 5.05. The first-order valence-electron chi connectivity index (χ1n) is 8.03. The first-order chi connectivity index (χ1) is 11.6. The molecular formula is C16H22N2O7. The number of β-lactam (4-membered cyclic amide) rings is 1. The third kappa shape index (κ3) is 3.75. The van der Waals surface area contributed by atoms with Gasteiger partial charge in [0.1, 0.15) is 17.3 Å². The number of hydrogen-bond donors (Lipinski definition) is 2. The quantitative estimate of drug-likeness (QED) is 0.565. The number of carboxylic acids is 1. The number of alkyl carbamates (subject to hydrolysis) is 1. The summed E-state index contributed by atoms with van der Waals surface area (Å²) in [5.74, 6) is -2.71. The smallest absolute Gasteiger partial charge is 0.408 e. The van der Waals surface area contributed by atoms with Crippen LogP contribution < -0.4 is 5.32 Å². The maximum atomic E-state index is 12.3. The molecule has 0 aromatic carbocycles. The molecule has 9 heteroatoms. The predicted molar refractivity (Wildman–Crippen MR) is 84.3 cm³/mol. The van der Waals surface area contributed by atoms with Gasteiger partial charge in [0, 0.05) is 0 Å². The largest absolute Gasteiger partial charge is 0.477 e. The van der Waals surface area contributed by atoms with E-state index in [0.717, 1.165) is 4.90 Å². The molecule has 2 amide bonds. The van der Waals surface area contributed by atoms with Crippen LogP contribution in [0.4, 0.5) is 4.79 Å². The van der Waals surface area contributed by atoms with Crippen LogP contribution in [-0.4, -0.2) is 58.2 Å². The third-order valence-corrected chi connectivity index (χ3v) is 3.83. The van der Waals surface area contributed by atoms with Crippen LogP contribution in [0.1, 0.15) is 40.5 Å². The highest BCUT2D eigenvalue weighted by atomic mass is 16.6. The lowest BCUT2D eigenvalue weighted by Gasteiger charge is -2.49. The number of hydrogen-bond acceptors (Lipinski definition) is 6. The molecule has 1 saturated heterocycles. The summed E-state index contributed by atoms with van der Waals surface area (Å²) in [5.41, 5.74) is -1.12. The molecule has 0 aromatic rings. The second-order valence-corrected chi connectivity index (χ2v) is 6.79.